The van der Waals surface area contributed by atoms with Gasteiger partial charge in [-0.05, 0) is 36.6 Å². The summed E-state index contributed by atoms with van der Waals surface area (Å²) in [7, 11) is 0. The molecule has 0 bridgehead atoms. The van der Waals surface area contributed by atoms with Crippen LogP contribution in [0.15, 0.2) is 28.3 Å². The predicted octanol–water partition coefficient (Wildman–Crippen LogP) is 3.85. The Kier molecular flexibility index (Phi) is 6.23. The highest BCUT2D eigenvalue weighted by Gasteiger charge is 2.18. The topological polar surface area (TPSA) is 67.8 Å². The lowest BCUT2D eigenvalue weighted by Gasteiger charge is -2.22. The van der Waals surface area contributed by atoms with Gasteiger partial charge in [0.1, 0.15) is 5.75 Å². The largest absolute Gasteiger partial charge is 0.492 e. The fourth-order valence-corrected chi connectivity index (χ4v) is 3.61. The molecule has 1 aromatic rings. The molecule has 0 spiro atoms. The summed E-state index contributed by atoms with van der Waals surface area (Å²) in [6, 6.07) is 5.84. The molecular formula is C16H24N2O2S. The highest BCUT2D eigenvalue weighted by atomic mass is 32.2. The maximum Gasteiger partial charge on any atom is 0.174 e. The van der Waals surface area contributed by atoms with E-state index in [2.05, 4.69) is 12.1 Å². The quantitative estimate of drug-likeness (QED) is 0.275. The summed E-state index contributed by atoms with van der Waals surface area (Å²) < 4.78 is 6.00. The zero-order valence-corrected chi connectivity index (χ0v) is 13.4. The molecule has 0 saturated heterocycles. The summed E-state index contributed by atoms with van der Waals surface area (Å²) in [5.74, 6) is 2.39. The van der Waals surface area contributed by atoms with Crippen LogP contribution in [-0.4, -0.2) is 23.4 Å². The lowest BCUT2D eigenvalue weighted by Crippen LogP contribution is -2.19. The van der Waals surface area contributed by atoms with Crippen LogP contribution in [-0.2, 0) is 0 Å². The Hall–Kier alpha value is -1.36. The van der Waals surface area contributed by atoms with Crippen molar-refractivity contribution < 1.29 is 9.94 Å². The standard InChI is InChI=1S/C16H24N2O2S/c1-2-21-14-10-6-9-13(15(14)16(17)18-19)20-11-12-7-4-3-5-8-12/h6,9-10,12,19H,2-5,7-8,11H2,1H3,(H2,17,18). The Morgan fingerprint density at radius 3 is 2.81 bits per heavy atom. The molecule has 5 heteroatoms. The van der Waals surface area contributed by atoms with Gasteiger partial charge < -0.3 is 15.7 Å². The second kappa shape index (κ2) is 8.17. The molecule has 4 nitrogen and oxygen atoms in total. The number of nitrogens with zero attached hydrogens (tertiary/aromatic N) is 1. The fourth-order valence-electron chi connectivity index (χ4n) is 2.77. The molecule has 0 amide bonds. The Bertz CT molecular complexity index is 485. The van der Waals surface area contributed by atoms with Crippen molar-refractivity contribution in [2.75, 3.05) is 12.4 Å². The molecule has 0 unspecified atom stereocenters. The van der Waals surface area contributed by atoms with Gasteiger partial charge in [0.05, 0.1) is 12.2 Å². The number of oxime groups is 1. The summed E-state index contributed by atoms with van der Waals surface area (Å²) in [6.45, 7) is 2.79. The van der Waals surface area contributed by atoms with E-state index in [0.29, 0.717) is 23.8 Å². The third-order valence-corrected chi connectivity index (χ3v) is 4.79. The first kappa shape index (κ1) is 16.0. The monoisotopic (exact) mass is 308 g/mol. The van der Waals surface area contributed by atoms with Crippen molar-refractivity contribution in [2.45, 2.75) is 43.9 Å². The summed E-state index contributed by atoms with van der Waals surface area (Å²) in [6.07, 6.45) is 6.42. The van der Waals surface area contributed by atoms with Gasteiger partial charge in [-0.25, -0.2) is 0 Å². The number of ether oxygens (including phenoxy) is 1. The number of hydrogen-bond acceptors (Lipinski definition) is 4. The molecule has 1 fully saturated rings. The minimum atomic E-state index is 0.116. The lowest BCUT2D eigenvalue weighted by atomic mass is 9.90. The number of thioether (sulfide) groups is 1. The van der Waals surface area contributed by atoms with Gasteiger partial charge in [-0.2, -0.15) is 0 Å². The Balaban J connectivity index is 2.15. The van der Waals surface area contributed by atoms with Gasteiger partial charge in [0.2, 0.25) is 0 Å². The van der Waals surface area contributed by atoms with Crippen LogP contribution in [0, 0.1) is 5.92 Å². The average Bonchev–Trinajstić information content (AvgIpc) is 2.53. The number of benzene rings is 1. The van der Waals surface area contributed by atoms with Gasteiger partial charge in [0, 0.05) is 4.90 Å². The van der Waals surface area contributed by atoms with E-state index in [4.69, 9.17) is 15.7 Å². The summed E-state index contributed by atoms with van der Waals surface area (Å²) in [4.78, 5) is 0.994. The van der Waals surface area contributed by atoms with E-state index in [0.717, 1.165) is 10.6 Å². The summed E-state index contributed by atoms with van der Waals surface area (Å²) in [5.41, 5.74) is 6.55. The van der Waals surface area contributed by atoms with Gasteiger partial charge in [-0.3, -0.25) is 0 Å². The Morgan fingerprint density at radius 1 is 1.38 bits per heavy atom. The van der Waals surface area contributed by atoms with Gasteiger partial charge in [0.25, 0.3) is 0 Å². The zero-order chi connectivity index (χ0) is 15.1. The molecular weight excluding hydrogens is 284 g/mol. The number of hydrogen-bond donors (Lipinski definition) is 2. The second-order valence-electron chi connectivity index (χ2n) is 5.36. The fraction of sp³-hybridized carbons (Fsp3) is 0.562. The third kappa shape index (κ3) is 4.30. The van der Waals surface area contributed by atoms with Crippen LogP contribution in [0.25, 0.3) is 0 Å². The van der Waals surface area contributed by atoms with Crippen molar-refractivity contribution in [3.8, 4) is 5.75 Å². The molecule has 1 aromatic carbocycles. The van der Waals surface area contributed by atoms with E-state index in [1.54, 1.807) is 11.8 Å². The van der Waals surface area contributed by atoms with Gasteiger partial charge in [0.15, 0.2) is 5.84 Å². The average molecular weight is 308 g/mol. The highest BCUT2D eigenvalue weighted by molar-refractivity contribution is 7.99. The van der Waals surface area contributed by atoms with Crippen LogP contribution in [0.3, 0.4) is 0 Å². The van der Waals surface area contributed by atoms with Crippen LogP contribution in [0.4, 0.5) is 0 Å². The summed E-state index contributed by atoms with van der Waals surface area (Å²) in [5, 5.41) is 12.2. The van der Waals surface area contributed by atoms with Gasteiger partial charge in [-0.15, -0.1) is 11.8 Å². The Morgan fingerprint density at radius 2 is 2.14 bits per heavy atom. The molecule has 0 atom stereocenters. The molecule has 3 N–H and O–H groups in total. The number of rotatable bonds is 6. The van der Waals surface area contributed by atoms with Gasteiger partial charge >= 0.3 is 0 Å². The zero-order valence-electron chi connectivity index (χ0n) is 12.5. The van der Waals surface area contributed by atoms with Crippen molar-refractivity contribution in [3.05, 3.63) is 23.8 Å². The first-order valence-electron chi connectivity index (χ1n) is 7.62. The number of amidine groups is 1. The van der Waals surface area contributed by atoms with Crippen molar-refractivity contribution in [1.29, 1.82) is 0 Å². The second-order valence-corrected chi connectivity index (χ2v) is 6.67. The molecule has 0 aliphatic heterocycles. The Labute approximate surface area is 130 Å². The minimum Gasteiger partial charge on any atom is -0.492 e. The van der Waals surface area contributed by atoms with E-state index in [9.17, 15) is 0 Å². The molecule has 21 heavy (non-hydrogen) atoms. The first-order valence-corrected chi connectivity index (χ1v) is 8.61. The van der Waals surface area contributed by atoms with Crippen molar-refractivity contribution in [3.63, 3.8) is 0 Å². The first-order chi connectivity index (χ1) is 10.3. The van der Waals surface area contributed by atoms with Crippen molar-refractivity contribution in [1.82, 2.24) is 0 Å². The molecule has 0 aromatic heterocycles. The van der Waals surface area contributed by atoms with Crippen molar-refractivity contribution in [2.24, 2.45) is 16.8 Å². The SMILES string of the molecule is CCSc1cccc(OCC2CCCCC2)c1/C(N)=N/O. The molecule has 116 valence electrons. The van der Waals surface area contributed by atoms with Crippen LogP contribution >= 0.6 is 11.8 Å². The number of nitrogens with two attached hydrogens (primary N) is 1. The predicted molar refractivity (Wildman–Crippen MR) is 87.4 cm³/mol. The molecule has 2 rings (SSSR count). The van der Waals surface area contributed by atoms with Crippen LogP contribution in [0.2, 0.25) is 0 Å². The molecule has 1 aliphatic carbocycles. The molecule has 1 saturated carbocycles. The van der Waals surface area contributed by atoms with Crippen LogP contribution < -0.4 is 10.5 Å². The third-order valence-electron chi connectivity index (χ3n) is 3.85. The summed E-state index contributed by atoms with van der Waals surface area (Å²) >= 11 is 1.67. The maximum absolute atomic E-state index is 9.02. The van der Waals surface area contributed by atoms with E-state index in [1.165, 1.54) is 32.1 Å². The van der Waals surface area contributed by atoms with Crippen LogP contribution in [0.1, 0.15) is 44.6 Å². The molecule has 0 radical (unpaired) electrons. The van der Waals surface area contributed by atoms with E-state index in [1.807, 2.05) is 18.2 Å². The smallest absolute Gasteiger partial charge is 0.174 e. The highest BCUT2D eigenvalue weighted by Crippen LogP contribution is 2.31. The lowest BCUT2D eigenvalue weighted by molar-refractivity contribution is 0.208. The van der Waals surface area contributed by atoms with E-state index >= 15 is 0 Å². The van der Waals surface area contributed by atoms with Crippen LogP contribution in [0.5, 0.6) is 5.75 Å². The van der Waals surface area contributed by atoms with E-state index < -0.39 is 0 Å². The van der Waals surface area contributed by atoms with Crippen molar-refractivity contribution >= 4 is 17.6 Å². The maximum atomic E-state index is 9.02. The normalized spacial score (nSPS) is 16.9. The molecule has 0 heterocycles. The minimum absolute atomic E-state index is 0.116. The molecule has 1 aliphatic rings. The van der Waals surface area contributed by atoms with E-state index in [-0.39, 0.29) is 5.84 Å². The van der Waals surface area contributed by atoms with Gasteiger partial charge in [-0.1, -0.05) is 37.4 Å².